The fourth-order valence-electron chi connectivity index (χ4n) is 2.73. The summed E-state index contributed by atoms with van der Waals surface area (Å²) in [4.78, 5) is 13.2. The van der Waals surface area contributed by atoms with E-state index in [9.17, 15) is 4.79 Å². The predicted octanol–water partition coefficient (Wildman–Crippen LogP) is 3.88. The number of thioether (sulfide) groups is 1. The van der Waals surface area contributed by atoms with E-state index in [0.29, 0.717) is 17.8 Å². The third-order valence-electron chi connectivity index (χ3n) is 4.23. The second-order valence-corrected chi connectivity index (χ2v) is 8.29. The molecule has 130 valence electrons. The molecule has 3 nitrogen and oxygen atoms in total. The summed E-state index contributed by atoms with van der Waals surface area (Å²) in [6.45, 7) is 6.62. The van der Waals surface area contributed by atoms with Crippen LogP contribution in [-0.2, 0) is 10.2 Å². The maximum absolute atomic E-state index is 12.0. The molecule has 0 unspecified atom stereocenters. The SMILES string of the molecule is CC(C)(C)c1ccc(SCC(=O)NC2CCC(N)CC2)cc1.Cl. The van der Waals surface area contributed by atoms with Crippen molar-refractivity contribution in [1.82, 2.24) is 5.32 Å². The van der Waals surface area contributed by atoms with Crippen molar-refractivity contribution in [2.45, 2.75) is 68.8 Å². The molecule has 0 bridgehead atoms. The van der Waals surface area contributed by atoms with Crippen LogP contribution >= 0.6 is 24.2 Å². The molecule has 5 heteroatoms. The van der Waals surface area contributed by atoms with Crippen molar-refractivity contribution in [1.29, 1.82) is 0 Å². The first-order valence-electron chi connectivity index (χ1n) is 8.13. The van der Waals surface area contributed by atoms with Crippen LogP contribution in [0.5, 0.6) is 0 Å². The zero-order valence-corrected chi connectivity index (χ0v) is 15.9. The molecule has 1 aromatic carbocycles. The van der Waals surface area contributed by atoms with Gasteiger partial charge in [-0.15, -0.1) is 24.2 Å². The van der Waals surface area contributed by atoms with Gasteiger partial charge in [-0.2, -0.15) is 0 Å². The highest BCUT2D eigenvalue weighted by Crippen LogP contribution is 2.25. The van der Waals surface area contributed by atoms with E-state index in [-0.39, 0.29) is 23.7 Å². The minimum absolute atomic E-state index is 0. The first-order valence-corrected chi connectivity index (χ1v) is 9.11. The van der Waals surface area contributed by atoms with Gasteiger partial charge in [0.25, 0.3) is 0 Å². The van der Waals surface area contributed by atoms with Crippen molar-refractivity contribution in [3.05, 3.63) is 29.8 Å². The van der Waals surface area contributed by atoms with Crippen LogP contribution in [0.15, 0.2) is 29.2 Å². The van der Waals surface area contributed by atoms with Crippen LogP contribution in [0.4, 0.5) is 0 Å². The summed E-state index contributed by atoms with van der Waals surface area (Å²) in [6, 6.07) is 9.17. The van der Waals surface area contributed by atoms with Crippen molar-refractivity contribution >= 4 is 30.1 Å². The summed E-state index contributed by atoms with van der Waals surface area (Å²) in [7, 11) is 0. The number of nitrogens with one attached hydrogen (secondary N) is 1. The zero-order chi connectivity index (χ0) is 16.2. The number of hydrogen-bond donors (Lipinski definition) is 2. The Balaban J connectivity index is 0.00000264. The summed E-state index contributed by atoms with van der Waals surface area (Å²) in [5, 5.41) is 3.13. The van der Waals surface area contributed by atoms with Gasteiger partial charge >= 0.3 is 0 Å². The average Bonchev–Trinajstić information content (AvgIpc) is 2.47. The molecule has 23 heavy (non-hydrogen) atoms. The molecule has 0 aliphatic heterocycles. The molecule has 1 aromatic rings. The van der Waals surface area contributed by atoms with E-state index in [2.05, 4.69) is 50.4 Å². The summed E-state index contributed by atoms with van der Waals surface area (Å²) in [6.07, 6.45) is 4.06. The lowest BCUT2D eigenvalue weighted by Crippen LogP contribution is -2.41. The van der Waals surface area contributed by atoms with Gasteiger partial charge in [-0.1, -0.05) is 32.9 Å². The smallest absolute Gasteiger partial charge is 0.230 e. The Morgan fingerprint density at radius 3 is 2.26 bits per heavy atom. The molecule has 0 saturated heterocycles. The van der Waals surface area contributed by atoms with Gasteiger partial charge < -0.3 is 11.1 Å². The second-order valence-electron chi connectivity index (χ2n) is 7.24. The number of benzene rings is 1. The van der Waals surface area contributed by atoms with E-state index in [0.717, 1.165) is 30.6 Å². The molecule has 2 rings (SSSR count). The molecular weight excluding hydrogens is 328 g/mol. The van der Waals surface area contributed by atoms with Crippen LogP contribution in [0.2, 0.25) is 0 Å². The van der Waals surface area contributed by atoms with Crippen molar-refractivity contribution in [2.75, 3.05) is 5.75 Å². The van der Waals surface area contributed by atoms with Crippen molar-refractivity contribution in [2.24, 2.45) is 5.73 Å². The van der Waals surface area contributed by atoms with Crippen LogP contribution in [0.25, 0.3) is 0 Å². The first kappa shape index (κ1) is 20.3. The summed E-state index contributed by atoms with van der Waals surface area (Å²) in [5.74, 6) is 0.614. The average molecular weight is 357 g/mol. The van der Waals surface area contributed by atoms with Gasteiger partial charge in [-0.25, -0.2) is 0 Å². The molecule has 1 fully saturated rings. The van der Waals surface area contributed by atoms with Crippen LogP contribution < -0.4 is 11.1 Å². The Morgan fingerprint density at radius 1 is 1.17 bits per heavy atom. The van der Waals surface area contributed by atoms with Gasteiger partial charge in [0.05, 0.1) is 5.75 Å². The maximum Gasteiger partial charge on any atom is 0.230 e. The third kappa shape index (κ3) is 6.74. The molecule has 0 radical (unpaired) electrons. The Morgan fingerprint density at radius 2 is 1.74 bits per heavy atom. The summed E-state index contributed by atoms with van der Waals surface area (Å²) in [5.41, 5.74) is 7.38. The van der Waals surface area contributed by atoms with Crippen molar-refractivity contribution in [3.63, 3.8) is 0 Å². The first-order chi connectivity index (χ1) is 10.3. The van der Waals surface area contributed by atoms with Gasteiger partial charge in [0.2, 0.25) is 5.91 Å². The molecule has 0 aromatic heterocycles. The lowest BCUT2D eigenvalue weighted by Gasteiger charge is -2.26. The molecule has 0 heterocycles. The van der Waals surface area contributed by atoms with Crippen molar-refractivity contribution < 1.29 is 4.79 Å². The minimum Gasteiger partial charge on any atom is -0.353 e. The molecule has 0 atom stereocenters. The Kier molecular flexibility index (Phi) is 7.91. The highest BCUT2D eigenvalue weighted by molar-refractivity contribution is 8.00. The quantitative estimate of drug-likeness (QED) is 0.805. The Hall–Kier alpha value is -0.710. The standard InChI is InChI=1S/C18H28N2OS.ClH/c1-18(2,3)13-4-10-16(11-5-13)22-12-17(21)20-15-8-6-14(19)7-9-15;/h4-5,10-11,14-15H,6-9,12,19H2,1-3H3,(H,20,21);1H. The highest BCUT2D eigenvalue weighted by Gasteiger charge is 2.20. The van der Waals surface area contributed by atoms with E-state index < -0.39 is 0 Å². The number of rotatable bonds is 4. The maximum atomic E-state index is 12.0. The van der Waals surface area contributed by atoms with E-state index in [1.54, 1.807) is 11.8 Å². The molecule has 3 N–H and O–H groups in total. The lowest BCUT2D eigenvalue weighted by atomic mass is 9.87. The van der Waals surface area contributed by atoms with Crippen LogP contribution in [-0.4, -0.2) is 23.7 Å². The monoisotopic (exact) mass is 356 g/mol. The van der Waals surface area contributed by atoms with Gasteiger partial charge in [-0.3, -0.25) is 4.79 Å². The molecule has 1 amide bonds. The Labute approximate surface area is 150 Å². The van der Waals surface area contributed by atoms with E-state index in [1.165, 1.54) is 5.56 Å². The summed E-state index contributed by atoms with van der Waals surface area (Å²) < 4.78 is 0. The number of hydrogen-bond acceptors (Lipinski definition) is 3. The highest BCUT2D eigenvalue weighted by atomic mass is 35.5. The van der Waals surface area contributed by atoms with Crippen LogP contribution in [0.1, 0.15) is 52.0 Å². The molecule has 0 spiro atoms. The predicted molar refractivity (Wildman–Crippen MR) is 101 cm³/mol. The Bertz CT molecular complexity index is 491. The minimum atomic E-state index is 0. The van der Waals surface area contributed by atoms with Gasteiger partial charge in [-0.05, 0) is 48.8 Å². The lowest BCUT2D eigenvalue weighted by molar-refractivity contribution is -0.119. The van der Waals surface area contributed by atoms with E-state index >= 15 is 0 Å². The number of halogens is 1. The molecule has 1 saturated carbocycles. The van der Waals surface area contributed by atoms with Gasteiger partial charge in [0.1, 0.15) is 0 Å². The number of nitrogens with two attached hydrogens (primary N) is 1. The van der Waals surface area contributed by atoms with Crippen LogP contribution in [0.3, 0.4) is 0 Å². The van der Waals surface area contributed by atoms with E-state index in [4.69, 9.17) is 5.73 Å². The number of carbonyl (C=O) groups excluding carboxylic acids is 1. The van der Waals surface area contributed by atoms with Crippen molar-refractivity contribution in [3.8, 4) is 0 Å². The second kappa shape index (κ2) is 8.95. The van der Waals surface area contributed by atoms with Gasteiger partial charge in [0, 0.05) is 17.0 Å². The largest absolute Gasteiger partial charge is 0.353 e. The molecule has 1 aliphatic carbocycles. The number of amides is 1. The fraction of sp³-hybridized carbons (Fsp3) is 0.611. The topological polar surface area (TPSA) is 55.1 Å². The zero-order valence-electron chi connectivity index (χ0n) is 14.3. The van der Waals surface area contributed by atoms with Gasteiger partial charge in [0.15, 0.2) is 0 Å². The fourth-order valence-corrected chi connectivity index (χ4v) is 3.44. The normalized spacial score (nSPS) is 21.4. The summed E-state index contributed by atoms with van der Waals surface area (Å²) >= 11 is 1.60. The third-order valence-corrected chi connectivity index (χ3v) is 5.24. The number of carbonyl (C=O) groups is 1. The van der Waals surface area contributed by atoms with Crippen LogP contribution in [0, 0.1) is 0 Å². The molecule has 1 aliphatic rings. The van der Waals surface area contributed by atoms with E-state index in [1.807, 2.05) is 0 Å². The molecular formula is C18H29ClN2OS.